The van der Waals surface area contributed by atoms with E-state index >= 15 is 0 Å². The average molecular weight is 512 g/mol. The van der Waals surface area contributed by atoms with Crippen LogP contribution in [0.5, 0.6) is 11.6 Å². The van der Waals surface area contributed by atoms with Gasteiger partial charge in [-0.15, -0.1) is 0 Å². The second-order valence-electron chi connectivity index (χ2n) is 9.85. The van der Waals surface area contributed by atoms with Crippen molar-refractivity contribution in [3.63, 3.8) is 0 Å². The van der Waals surface area contributed by atoms with E-state index in [0.717, 1.165) is 68.3 Å². The number of nitrogens with one attached hydrogen (secondary N) is 1. The number of fused-ring (bicyclic) bond motifs is 1. The summed E-state index contributed by atoms with van der Waals surface area (Å²) in [4.78, 5) is 26.5. The second kappa shape index (κ2) is 10.7. The predicted octanol–water partition coefficient (Wildman–Crippen LogP) is 6.40. The van der Waals surface area contributed by atoms with Gasteiger partial charge < -0.3 is 19.9 Å². The molecule has 0 saturated carbocycles. The number of ether oxygens (including phenoxy) is 1. The molecule has 194 valence electrons. The molecule has 1 N–H and O–H groups in total. The summed E-state index contributed by atoms with van der Waals surface area (Å²) in [5.74, 6) is 1.00. The quantitative estimate of drug-likeness (QED) is 0.323. The number of rotatable bonds is 6. The van der Waals surface area contributed by atoms with Gasteiger partial charge in [0.2, 0.25) is 11.8 Å². The van der Waals surface area contributed by atoms with Gasteiger partial charge in [0.05, 0.1) is 0 Å². The van der Waals surface area contributed by atoms with Gasteiger partial charge in [-0.2, -0.15) is 4.98 Å². The van der Waals surface area contributed by atoms with E-state index in [1.807, 2.05) is 36.4 Å². The molecule has 2 fully saturated rings. The summed E-state index contributed by atoms with van der Waals surface area (Å²) in [5.41, 5.74) is 1.68. The third kappa shape index (κ3) is 5.11. The molecular weight excluding hydrogens is 481 g/mol. The number of carbonyl (C=O) groups is 1. The molecule has 0 spiro atoms. The van der Waals surface area contributed by atoms with Crippen molar-refractivity contribution in [2.24, 2.45) is 0 Å². The van der Waals surface area contributed by atoms with Crippen molar-refractivity contribution in [1.29, 1.82) is 0 Å². The molecule has 0 unspecified atom stereocenters. The summed E-state index contributed by atoms with van der Waals surface area (Å²) < 4.78 is 20.7. The van der Waals surface area contributed by atoms with E-state index in [0.29, 0.717) is 28.8 Å². The van der Waals surface area contributed by atoms with Gasteiger partial charge in [-0.1, -0.05) is 24.3 Å². The minimum atomic E-state index is -0.412. The summed E-state index contributed by atoms with van der Waals surface area (Å²) >= 11 is 0. The minimum absolute atomic E-state index is 0.297. The summed E-state index contributed by atoms with van der Waals surface area (Å²) in [6.45, 7) is 3.65. The van der Waals surface area contributed by atoms with E-state index in [4.69, 9.17) is 4.74 Å². The van der Waals surface area contributed by atoms with Gasteiger partial charge in [-0.05, 0) is 62.4 Å². The maximum atomic E-state index is 14.5. The van der Waals surface area contributed by atoms with E-state index in [-0.39, 0.29) is 5.91 Å². The number of aromatic nitrogens is 2. The fourth-order valence-electron chi connectivity index (χ4n) is 5.28. The first-order valence-corrected chi connectivity index (χ1v) is 13.3. The predicted molar refractivity (Wildman–Crippen MR) is 148 cm³/mol. The Morgan fingerprint density at radius 1 is 0.842 bits per heavy atom. The van der Waals surface area contributed by atoms with Gasteiger partial charge >= 0.3 is 0 Å². The van der Waals surface area contributed by atoms with Crippen molar-refractivity contribution >= 4 is 34.0 Å². The maximum Gasteiger partial charge on any atom is 0.255 e. The van der Waals surface area contributed by atoms with Crippen LogP contribution in [0.3, 0.4) is 0 Å². The molecule has 8 heteroatoms. The maximum absolute atomic E-state index is 14.5. The van der Waals surface area contributed by atoms with E-state index in [2.05, 4.69) is 25.1 Å². The lowest BCUT2D eigenvalue weighted by atomic mass is 10.1. The molecule has 1 amide bonds. The number of hydrogen-bond acceptors (Lipinski definition) is 6. The van der Waals surface area contributed by atoms with Crippen LogP contribution >= 0.6 is 0 Å². The number of piperidine rings is 1. The van der Waals surface area contributed by atoms with Crippen LogP contribution in [-0.4, -0.2) is 42.1 Å². The zero-order chi connectivity index (χ0) is 25.9. The van der Waals surface area contributed by atoms with Crippen LogP contribution in [0.1, 0.15) is 42.5 Å². The summed E-state index contributed by atoms with van der Waals surface area (Å²) in [6.07, 6.45) is 7.33. The molecule has 0 bridgehead atoms. The SMILES string of the molecule is O=C(Nc1ccc(Oc2ccnc(N3CCCC3)n2)c2ccccc12)c1cc(F)cc(N2CCCCC2)c1. The van der Waals surface area contributed by atoms with Crippen molar-refractivity contribution in [3.05, 3.63) is 78.2 Å². The first-order valence-electron chi connectivity index (χ1n) is 13.3. The second-order valence-corrected chi connectivity index (χ2v) is 9.85. The summed E-state index contributed by atoms with van der Waals surface area (Å²) in [6, 6.07) is 17.6. The molecule has 0 atom stereocenters. The molecule has 7 nitrogen and oxygen atoms in total. The number of hydrogen-bond donors (Lipinski definition) is 1. The van der Waals surface area contributed by atoms with E-state index < -0.39 is 5.82 Å². The topological polar surface area (TPSA) is 70.6 Å². The number of nitrogens with zero attached hydrogens (tertiary/aromatic N) is 4. The Balaban J connectivity index is 1.25. The molecule has 0 radical (unpaired) electrons. The van der Waals surface area contributed by atoms with Crippen LogP contribution in [0, 0.1) is 5.82 Å². The van der Waals surface area contributed by atoms with Crippen LogP contribution in [0.25, 0.3) is 10.8 Å². The Morgan fingerprint density at radius 2 is 1.58 bits per heavy atom. The van der Waals surface area contributed by atoms with Crippen LogP contribution in [0.15, 0.2) is 66.9 Å². The lowest BCUT2D eigenvalue weighted by Gasteiger charge is -2.29. The molecule has 1 aromatic heterocycles. The third-order valence-electron chi connectivity index (χ3n) is 7.22. The standard InChI is InChI=1S/C30H30FN5O2/c31-22-18-21(19-23(20-22)35-14-4-1-5-15-35)29(37)33-26-10-11-27(25-9-3-2-8-24(25)26)38-28-12-13-32-30(34-28)36-16-6-7-17-36/h2-3,8-13,18-20H,1,4-7,14-17H2,(H,33,37). The molecule has 2 aliphatic rings. The Bertz CT molecular complexity index is 1460. The van der Waals surface area contributed by atoms with Gasteiger partial charge in [-0.3, -0.25) is 4.79 Å². The molecule has 0 aliphatic carbocycles. The van der Waals surface area contributed by atoms with E-state index in [9.17, 15) is 9.18 Å². The van der Waals surface area contributed by atoms with Crippen LogP contribution in [0.2, 0.25) is 0 Å². The zero-order valence-electron chi connectivity index (χ0n) is 21.2. The van der Waals surface area contributed by atoms with Gasteiger partial charge in [0.25, 0.3) is 5.91 Å². The lowest BCUT2D eigenvalue weighted by Crippen LogP contribution is -2.29. The average Bonchev–Trinajstić information content (AvgIpc) is 3.50. The largest absolute Gasteiger partial charge is 0.438 e. The Kier molecular flexibility index (Phi) is 6.77. The highest BCUT2D eigenvalue weighted by atomic mass is 19.1. The van der Waals surface area contributed by atoms with Crippen LogP contribution in [-0.2, 0) is 0 Å². The monoisotopic (exact) mass is 511 g/mol. The first-order chi connectivity index (χ1) is 18.6. The smallest absolute Gasteiger partial charge is 0.255 e. The molecule has 2 saturated heterocycles. The Hall–Kier alpha value is -4.20. The normalized spacial score (nSPS) is 15.6. The van der Waals surface area contributed by atoms with Crippen molar-refractivity contribution in [2.75, 3.05) is 41.3 Å². The fraction of sp³-hybridized carbons (Fsp3) is 0.300. The van der Waals surface area contributed by atoms with Gasteiger partial charge in [0, 0.05) is 66.2 Å². The highest BCUT2D eigenvalue weighted by Crippen LogP contribution is 2.35. The number of halogens is 1. The van der Waals surface area contributed by atoms with E-state index in [1.54, 1.807) is 18.3 Å². The molecular formula is C30H30FN5O2. The zero-order valence-corrected chi connectivity index (χ0v) is 21.2. The molecule has 6 rings (SSSR count). The number of carbonyl (C=O) groups excluding carboxylic acids is 1. The molecule has 2 aliphatic heterocycles. The molecule has 3 aromatic carbocycles. The number of benzene rings is 3. The number of amides is 1. The van der Waals surface area contributed by atoms with Gasteiger partial charge in [-0.25, -0.2) is 9.37 Å². The van der Waals surface area contributed by atoms with Crippen molar-refractivity contribution in [1.82, 2.24) is 9.97 Å². The molecule has 3 heterocycles. The third-order valence-corrected chi connectivity index (χ3v) is 7.22. The Morgan fingerprint density at radius 3 is 2.39 bits per heavy atom. The van der Waals surface area contributed by atoms with Crippen molar-refractivity contribution < 1.29 is 13.9 Å². The van der Waals surface area contributed by atoms with Crippen molar-refractivity contribution in [3.8, 4) is 11.6 Å². The highest BCUT2D eigenvalue weighted by molar-refractivity contribution is 6.10. The summed E-state index contributed by atoms with van der Waals surface area (Å²) in [7, 11) is 0. The van der Waals surface area contributed by atoms with Crippen molar-refractivity contribution in [2.45, 2.75) is 32.1 Å². The first kappa shape index (κ1) is 24.2. The highest BCUT2D eigenvalue weighted by Gasteiger charge is 2.18. The fourth-order valence-corrected chi connectivity index (χ4v) is 5.28. The van der Waals surface area contributed by atoms with Gasteiger partial charge in [0.1, 0.15) is 11.6 Å². The van der Waals surface area contributed by atoms with E-state index in [1.165, 1.54) is 18.6 Å². The Labute approximate surface area is 221 Å². The van der Waals surface area contributed by atoms with Crippen LogP contribution < -0.4 is 19.9 Å². The summed E-state index contributed by atoms with van der Waals surface area (Å²) in [5, 5.41) is 4.64. The van der Waals surface area contributed by atoms with Gasteiger partial charge in [0.15, 0.2) is 0 Å². The van der Waals surface area contributed by atoms with Crippen LogP contribution in [0.4, 0.5) is 21.7 Å². The minimum Gasteiger partial charge on any atom is -0.438 e. The number of anilines is 3. The lowest BCUT2D eigenvalue weighted by molar-refractivity contribution is 0.102. The molecule has 4 aromatic rings. The molecule has 38 heavy (non-hydrogen) atoms.